The second-order valence-electron chi connectivity index (χ2n) is 4.56. The number of amides is 1. The van der Waals surface area contributed by atoms with Crippen molar-refractivity contribution >= 4 is 23.2 Å². The molecule has 1 atom stereocenters. The van der Waals surface area contributed by atoms with E-state index in [1.165, 1.54) is 12.8 Å². The van der Waals surface area contributed by atoms with E-state index in [4.69, 9.17) is 11.6 Å². The molecule has 1 unspecified atom stereocenters. The van der Waals surface area contributed by atoms with Gasteiger partial charge >= 0.3 is 0 Å². The second-order valence-corrected chi connectivity index (χ2v) is 4.97. The molecule has 0 spiro atoms. The average Bonchev–Trinajstić information content (AvgIpc) is 3.08. The SMILES string of the molecule is Cc1c(Cl)cccc1NC(=O)C(C)NC1CC1. The summed E-state index contributed by atoms with van der Waals surface area (Å²) < 4.78 is 0. The Labute approximate surface area is 107 Å². The Balaban J connectivity index is 1.99. The summed E-state index contributed by atoms with van der Waals surface area (Å²) in [5.41, 5.74) is 1.69. The van der Waals surface area contributed by atoms with Crippen molar-refractivity contribution in [2.24, 2.45) is 0 Å². The molecule has 2 rings (SSSR count). The van der Waals surface area contributed by atoms with Crippen molar-refractivity contribution in [3.8, 4) is 0 Å². The van der Waals surface area contributed by atoms with E-state index in [0.29, 0.717) is 11.1 Å². The van der Waals surface area contributed by atoms with E-state index < -0.39 is 0 Å². The Morgan fingerprint density at radius 1 is 1.47 bits per heavy atom. The fourth-order valence-electron chi connectivity index (χ4n) is 1.66. The van der Waals surface area contributed by atoms with Crippen LogP contribution >= 0.6 is 11.6 Å². The number of hydrogen-bond donors (Lipinski definition) is 2. The zero-order chi connectivity index (χ0) is 12.4. The number of anilines is 1. The number of rotatable bonds is 4. The van der Waals surface area contributed by atoms with Gasteiger partial charge in [-0.3, -0.25) is 4.79 Å². The molecule has 1 aromatic carbocycles. The molecule has 1 aliphatic carbocycles. The molecule has 92 valence electrons. The summed E-state index contributed by atoms with van der Waals surface area (Å²) in [6.07, 6.45) is 2.35. The molecular formula is C13H17ClN2O. The van der Waals surface area contributed by atoms with Crippen LogP contribution in [0.25, 0.3) is 0 Å². The molecule has 3 nitrogen and oxygen atoms in total. The quantitative estimate of drug-likeness (QED) is 0.865. The van der Waals surface area contributed by atoms with Crippen LogP contribution in [0.2, 0.25) is 5.02 Å². The lowest BCUT2D eigenvalue weighted by Crippen LogP contribution is -2.39. The number of carbonyl (C=O) groups excluding carboxylic acids is 1. The van der Waals surface area contributed by atoms with E-state index >= 15 is 0 Å². The van der Waals surface area contributed by atoms with Crippen molar-refractivity contribution in [3.05, 3.63) is 28.8 Å². The number of halogens is 1. The van der Waals surface area contributed by atoms with Gasteiger partial charge in [-0.25, -0.2) is 0 Å². The van der Waals surface area contributed by atoms with Crippen LogP contribution in [0.3, 0.4) is 0 Å². The van der Waals surface area contributed by atoms with Crippen molar-refractivity contribution in [2.75, 3.05) is 5.32 Å². The first kappa shape index (κ1) is 12.4. The third-order valence-electron chi connectivity index (χ3n) is 2.98. The van der Waals surface area contributed by atoms with Gasteiger partial charge in [0, 0.05) is 16.8 Å². The Hall–Kier alpha value is -1.06. The van der Waals surface area contributed by atoms with Gasteiger partial charge in [0.25, 0.3) is 0 Å². The highest BCUT2D eigenvalue weighted by Crippen LogP contribution is 2.23. The summed E-state index contributed by atoms with van der Waals surface area (Å²) in [6.45, 7) is 3.78. The number of carbonyl (C=O) groups is 1. The largest absolute Gasteiger partial charge is 0.324 e. The molecular weight excluding hydrogens is 236 g/mol. The van der Waals surface area contributed by atoms with Crippen molar-refractivity contribution in [1.29, 1.82) is 0 Å². The molecule has 1 aliphatic rings. The fraction of sp³-hybridized carbons (Fsp3) is 0.462. The average molecular weight is 253 g/mol. The van der Waals surface area contributed by atoms with Crippen LogP contribution in [0.15, 0.2) is 18.2 Å². The molecule has 17 heavy (non-hydrogen) atoms. The number of benzene rings is 1. The molecule has 1 fully saturated rings. The van der Waals surface area contributed by atoms with Gasteiger partial charge in [-0.05, 0) is 44.4 Å². The number of nitrogens with one attached hydrogen (secondary N) is 2. The van der Waals surface area contributed by atoms with E-state index in [1.807, 2.05) is 32.0 Å². The second kappa shape index (κ2) is 5.07. The highest BCUT2D eigenvalue weighted by molar-refractivity contribution is 6.31. The molecule has 4 heteroatoms. The van der Waals surface area contributed by atoms with Crippen molar-refractivity contribution in [2.45, 2.75) is 38.8 Å². The lowest BCUT2D eigenvalue weighted by Gasteiger charge is -2.15. The zero-order valence-corrected chi connectivity index (χ0v) is 10.8. The predicted octanol–water partition coefficient (Wildman–Crippen LogP) is 2.73. The van der Waals surface area contributed by atoms with E-state index in [9.17, 15) is 4.79 Å². The van der Waals surface area contributed by atoms with Gasteiger partial charge in [-0.2, -0.15) is 0 Å². The van der Waals surface area contributed by atoms with Gasteiger partial charge in [0.15, 0.2) is 0 Å². The van der Waals surface area contributed by atoms with Crippen LogP contribution in [0.1, 0.15) is 25.3 Å². The molecule has 1 aromatic rings. The normalized spacial score (nSPS) is 16.6. The molecule has 0 aliphatic heterocycles. The van der Waals surface area contributed by atoms with E-state index in [1.54, 1.807) is 0 Å². The molecule has 1 saturated carbocycles. The van der Waals surface area contributed by atoms with Crippen molar-refractivity contribution in [3.63, 3.8) is 0 Å². The van der Waals surface area contributed by atoms with Gasteiger partial charge in [0.05, 0.1) is 6.04 Å². The Kier molecular flexibility index (Phi) is 3.69. The molecule has 0 radical (unpaired) electrons. The Morgan fingerprint density at radius 3 is 2.82 bits per heavy atom. The highest BCUT2D eigenvalue weighted by Gasteiger charge is 2.25. The molecule has 0 heterocycles. The summed E-state index contributed by atoms with van der Waals surface area (Å²) in [5.74, 6) is -0.0118. The number of hydrogen-bond acceptors (Lipinski definition) is 2. The third-order valence-corrected chi connectivity index (χ3v) is 3.39. The molecule has 2 N–H and O–H groups in total. The minimum Gasteiger partial charge on any atom is -0.324 e. The van der Waals surface area contributed by atoms with Gasteiger partial charge < -0.3 is 10.6 Å². The maximum absolute atomic E-state index is 11.9. The summed E-state index contributed by atoms with van der Waals surface area (Å²) in [6, 6.07) is 5.88. The summed E-state index contributed by atoms with van der Waals surface area (Å²) >= 11 is 6.00. The van der Waals surface area contributed by atoms with Crippen LogP contribution in [0, 0.1) is 6.92 Å². The van der Waals surface area contributed by atoms with Crippen LogP contribution < -0.4 is 10.6 Å². The Bertz CT molecular complexity index is 429. The lowest BCUT2D eigenvalue weighted by molar-refractivity contribution is -0.117. The summed E-state index contributed by atoms with van der Waals surface area (Å²) in [5, 5.41) is 6.83. The van der Waals surface area contributed by atoms with Crippen LogP contribution in [0.5, 0.6) is 0 Å². The van der Waals surface area contributed by atoms with Crippen molar-refractivity contribution in [1.82, 2.24) is 5.32 Å². The summed E-state index contributed by atoms with van der Waals surface area (Å²) in [4.78, 5) is 11.9. The summed E-state index contributed by atoms with van der Waals surface area (Å²) in [7, 11) is 0. The topological polar surface area (TPSA) is 41.1 Å². The van der Waals surface area contributed by atoms with E-state index in [0.717, 1.165) is 11.3 Å². The van der Waals surface area contributed by atoms with E-state index in [-0.39, 0.29) is 11.9 Å². The van der Waals surface area contributed by atoms with E-state index in [2.05, 4.69) is 10.6 Å². The fourth-order valence-corrected chi connectivity index (χ4v) is 1.84. The standard InChI is InChI=1S/C13H17ClN2O/c1-8-11(14)4-3-5-12(8)16-13(17)9(2)15-10-6-7-10/h3-5,9-10,15H,6-7H2,1-2H3,(H,16,17). The van der Waals surface area contributed by atoms with Gasteiger partial charge in [0.2, 0.25) is 5.91 Å². The molecule has 0 saturated heterocycles. The van der Waals surface area contributed by atoms with Gasteiger partial charge in [0.1, 0.15) is 0 Å². The highest BCUT2D eigenvalue weighted by atomic mass is 35.5. The maximum atomic E-state index is 11.9. The monoisotopic (exact) mass is 252 g/mol. The lowest BCUT2D eigenvalue weighted by atomic mass is 10.2. The molecule has 0 bridgehead atoms. The van der Waals surface area contributed by atoms with Crippen LogP contribution in [-0.4, -0.2) is 18.0 Å². The van der Waals surface area contributed by atoms with Crippen molar-refractivity contribution < 1.29 is 4.79 Å². The smallest absolute Gasteiger partial charge is 0.241 e. The maximum Gasteiger partial charge on any atom is 0.241 e. The molecule has 1 amide bonds. The van der Waals surface area contributed by atoms with Gasteiger partial charge in [-0.15, -0.1) is 0 Å². The third kappa shape index (κ3) is 3.20. The first-order valence-electron chi connectivity index (χ1n) is 5.90. The minimum absolute atomic E-state index is 0.0118. The first-order chi connectivity index (χ1) is 8.08. The molecule has 0 aromatic heterocycles. The predicted molar refractivity (Wildman–Crippen MR) is 70.4 cm³/mol. The minimum atomic E-state index is -0.166. The zero-order valence-electron chi connectivity index (χ0n) is 10.1. The Morgan fingerprint density at radius 2 is 2.18 bits per heavy atom. The van der Waals surface area contributed by atoms with Crippen LogP contribution in [-0.2, 0) is 4.79 Å². The first-order valence-corrected chi connectivity index (χ1v) is 6.27. The van der Waals surface area contributed by atoms with Crippen LogP contribution in [0.4, 0.5) is 5.69 Å². The van der Waals surface area contributed by atoms with Gasteiger partial charge in [-0.1, -0.05) is 17.7 Å².